The van der Waals surface area contributed by atoms with E-state index in [-0.39, 0.29) is 5.76 Å². The summed E-state index contributed by atoms with van der Waals surface area (Å²) in [4.78, 5) is 0. The van der Waals surface area contributed by atoms with Crippen LogP contribution in [0.25, 0.3) is 5.70 Å². The molecule has 0 radical (unpaired) electrons. The van der Waals surface area contributed by atoms with Crippen molar-refractivity contribution in [1.29, 1.82) is 0 Å². The molecule has 0 unspecified atom stereocenters. The lowest BCUT2D eigenvalue weighted by Gasteiger charge is -2.09. The third-order valence-electron chi connectivity index (χ3n) is 2.15. The van der Waals surface area contributed by atoms with Crippen LogP contribution in [0.2, 0.25) is 0 Å². The van der Waals surface area contributed by atoms with E-state index < -0.39 is 0 Å². The summed E-state index contributed by atoms with van der Waals surface area (Å²) in [5.74, 6) is 0.194. The minimum atomic E-state index is 0.194. The van der Waals surface area contributed by atoms with Crippen LogP contribution >= 0.6 is 0 Å². The smallest absolute Gasteiger partial charge is 0.0868 e. The second kappa shape index (κ2) is 5.25. The van der Waals surface area contributed by atoms with Crippen LogP contribution in [0, 0.1) is 6.92 Å². The van der Waals surface area contributed by atoms with Gasteiger partial charge in [-0.2, -0.15) is 0 Å². The Hall–Kier alpha value is -1.70. The maximum absolute atomic E-state index is 8.91. The van der Waals surface area contributed by atoms with Crippen LogP contribution in [-0.4, -0.2) is 11.7 Å². The molecule has 0 aromatic heterocycles. The van der Waals surface area contributed by atoms with Gasteiger partial charge in [0.15, 0.2) is 0 Å². The van der Waals surface area contributed by atoms with Crippen molar-refractivity contribution < 1.29 is 5.11 Å². The van der Waals surface area contributed by atoms with Gasteiger partial charge in [0, 0.05) is 18.7 Å². The second-order valence-electron chi connectivity index (χ2n) is 3.59. The van der Waals surface area contributed by atoms with Crippen LogP contribution in [0.1, 0.15) is 17.5 Å². The van der Waals surface area contributed by atoms with E-state index in [1.807, 2.05) is 24.3 Å². The zero-order valence-electron chi connectivity index (χ0n) is 9.09. The molecule has 2 heteroatoms. The van der Waals surface area contributed by atoms with Gasteiger partial charge in [0.2, 0.25) is 0 Å². The third kappa shape index (κ3) is 3.90. The van der Waals surface area contributed by atoms with E-state index in [4.69, 9.17) is 5.11 Å². The minimum absolute atomic E-state index is 0.194. The number of nitrogens with one attached hydrogen (secondary N) is 1. The molecule has 80 valence electrons. The molecule has 0 saturated carbocycles. The van der Waals surface area contributed by atoms with Gasteiger partial charge in [0.25, 0.3) is 0 Å². The number of hydrogen-bond acceptors (Lipinski definition) is 2. The zero-order chi connectivity index (χ0) is 11.3. The van der Waals surface area contributed by atoms with E-state index in [1.54, 1.807) is 0 Å². The predicted octanol–water partition coefficient (Wildman–Crippen LogP) is 3.02. The fourth-order valence-corrected chi connectivity index (χ4v) is 1.21. The third-order valence-corrected chi connectivity index (χ3v) is 2.15. The molecule has 1 rings (SSSR count). The van der Waals surface area contributed by atoms with Gasteiger partial charge in [-0.1, -0.05) is 43.0 Å². The lowest BCUT2D eigenvalue weighted by Crippen LogP contribution is -2.13. The highest BCUT2D eigenvalue weighted by Gasteiger charge is 1.97. The monoisotopic (exact) mass is 203 g/mol. The van der Waals surface area contributed by atoms with Gasteiger partial charge in [0.1, 0.15) is 0 Å². The molecule has 0 spiro atoms. The lowest BCUT2D eigenvalue weighted by atomic mass is 10.1. The summed E-state index contributed by atoms with van der Waals surface area (Å²) in [6.45, 7) is 10.1. The number of aryl methyl sites for hydroxylation is 1. The van der Waals surface area contributed by atoms with Crippen LogP contribution in [0.3, 0.4) is 0 Å². The predicted molar refractivity (Wildman–Crippen MR) is 64.6 cm³/mol. The molecule has 0 aliphatic rings. The summed E-state index contributed by atoms with van der Waals surface area (Å²) >= 11 is 0. The highest BCUT2D eigenvalue weighted by atomic mass is 16.3. The van der Waals surface area contributed by atoms with Crippen molar-refractivity contribution in [3.63, 3.8) is 0 Å². The maximum Gasteiger partial charge on any atom is 0.0868 e. The summed E-state index contributed by atoms with van der Waals surface area (Å²) in [6.07, 6.45) is 0.547. The number of aliphatic hydroxyl groups excluding tert-OH is 1. The fraction of sp³-hybridized carbons (Fsp3) is 0.231. The van der Waals surface area contributed by atoms with Crippen LogP contribution in [-0.2, 0) is 0 Å². The molecule has 0 bridgehead atoms. The van der Waals surface area contributed by atoms with E-state index in [9.17, 15) is 0 Å². The Morgan fingerprint density at radius 2 is 1.87 bits per heavy atom. The van der Waals surface area contributed by atoms with Crippen LogP contribution in [0.15, 0.2) is 43.2 Å². The lowest BCUT2D eigenvalue weighted by molar-refractivity contribution is 0.391. The first-order chi connectivity index (χ1) is 7.09. The van der Waals surface area contributed by atoms with Crippen LogP contribution in [0.4, 0.5) is 0 Å². The quantitative estimate of drug-likeness (QED) is 0.721. The van der Waals surface area contributed by atoms with E-state index in [0.29, 0.717) is 13.0 Å². The largest absolute Gasteiger partial charge is 0.513 e. The van der Waals surface area contributed by atoms with Crippen molar-refractivity contribution in [2.24, 2.45) is 0 Å². The number of aliphatic hydroxyl groups is 1. The van der Waals surface area contributed by atoms with Gasteiger partial charge in [-0.15, -0.1) is 0 Å². The van der Waals surface area contributed by atoms with Gasteiger partial charge >= 0.3 is 0 Å². The van der Waals surface area contributed by atoms with Crippen LogP contribution in [0.5, 0.6) is 0 Å². The van der Waals surface area contributed by atoms with Crippen molar-refractivity contribution >= 4 is 5.70 Å². The average molecular weight is 203 g/mol. The summed E-state index contributed by atoms with van der Waals surface area (Å²) in [6, 6.07) is 8.15. The van der Waals surface area contributed by atoms with Crippen molar-refractivity contribution in [2.45, 2.75) is 13.3 Å². The van der Waals surface area contributed by atoms with Gasteiger partial charge in [-0.05, 0) is 12.5 Å². The molecule has 15 heavy (non-hydrogen) atoms. The summed E-state index contributed by atoms with van der Waals surface area (Å²) < 4.78 is 0. The summed E-state index contributed by atoms with van der Waals surface area (Å²) in [7, 11) is 0. The molecule has 0 aliphatic carbocycles. The molecular weight excluding hydrogens is 186 g/mol. The Kier molecular flexibility index (Phi) is 3.98. The summed E-state index contributed by atoms with van der Waals surface area (Å²) in [5.41, 5.74) is 3.18. The first-order valence-electron chi connectivity index (χ1n) is 4.96. The molecule has 1 aromatic rings. The standard InChI is InChI=1S/C13H17NO/c1-10-4-6-13(7-5-10)12(3)14-9-8-11(2)15/h4-7,14-15H,2-3,8-9H2,1H3. The first kappa shape index (κ1) is 11.4. The molecule has 0 heterocycles. The van der Waals surface area contributed by atoms with E-state index in [1.165, 1.54) is 5.56 Å². The highest BCUT2D eigenvalue weighted by Crippen LogP contribution is 2.10. The molecule has 0 fully saturated rings. The number of hydrogen-bond donors (Lipinski definition) is 2. The Balaban J connectivity index is 2.47. The molecule has 1 aromatic carbocycles. The van der Waals surface area contributed by atoms with Gasteiger partial charge in [-0.3, -0.25) is 0 Å². The zero-order valence-corrected chi connectivity index (χ0v) is 9.09. The Labute approximate surface area is 91.0 Å². The van der Waals surface area contributed by atoms with Crippen molar-refractivity contribution in [1.82, 2.24) is 5.32 Å². The van der Waals surface area contributed by atoms with Crippen LogP contribution < -0.4 is 5.32 Å². The van der Waals surface area contributed by atoms with E-state index in [0.717, 1.165) is 11.3 Å². The SMILES string of the molecule is C=C(O)CCNC(=C)c1ccc(C)cc1. The highest BCUT2D eigenvalue weighted by molar-refractivity contribution is 5.61. The normalized spacial score (nSPS) is 9.67. The van der Waals surface area contributed by atoms with Crippen molar-refractivity contribution in [2.75, 3.05) is 6.54 Å². The van der Waals surface area contributed by atoms with Gasteiger partial charge in [-0.25, -0.2) is 0 Å². The Morgan fingerprint density at radius 1 is 1.27 bits per heavy atom. The van der Waals surface area contributed by atoms with E-state index in [2.05, 4.69) is 25.4 Å². The first-order valence-corrected chi connectivity index (χ1v) is 4.96. The molecule has 2 nitrogen and oxygen atoms in total. The van der Waals surface area contributed by atoms with E-state index >= 15 is 0 Å². The molecule has 2 N–H and O–H groups in total. The number of rotatable bonds is 5. The average Bonchev–Trinajstić information content (AvgIpc) is 2.18. The number of benzene rings is 1. The molecule has 0 saturated heterocycles. The Bertz CT molecular complexity index is 351. The van der Waals surface area contributed by atoms with Gasteiger partial charge in [0.05, 0.1) is 5.76 Å². The molecular formula is C13H17NO. The second-order valence-corrected chi connectivity index (χ2v) is 3.59. The molecule has 0 aliphatic heterocycles. The van der Waals surface area contributed by atoms with Crippen molar-refractivity contribution in [3.05, 3.63) is 54.3 Å². The molecule has 0 atom stereocenters. The fourth-order valence-electron chi connectivity index (χ4n) is 1.21. The topological polar surface area (TPSA) is 32.3 Å². The maximum atomic E-state index is 8.91. The minimum Gasteiger partial charge on any atom is -0.513 e. The summed E-state index contributed by atoms with van der Waals surface area (Å²) in [5, 5.41) is 12.0. The molecule has 0 amide bonds. The Morgan fingerprint density at radius 3 is 2.40 bits per heavy atom. The van der Waals surface area contributed by atoms with Gasteiger partial charge < -0.3 is 10.4 Å². The van der Waals surface area contributed by atoms with Crippen molar-refractivity contribution in [3.8, 4) is 0 Å².